The van der Waals surface area contributed by atoms with Gasteiger partial charge in [0.25, 0.3) is 5.52 Å². The number of hydrogen-bond acceptors (Lipinski definition) is 4. The Balaban J connectivity index is 1.98. The lowest BCUT2D eigenvalue weighted by Gasteiger charge is -2.08. The van der Waals surface area contributed by atoms with Gasteiger partial charge in [-0.2, -0.15) is 0 Å². The molecule has 0 atom stereocenters. The first-order valence-electron chi connectivity index (χ1n) is 8.13. The molecule has 2 N–H and O–H groups in total. The van der Waals surface area contributed by atoms with Crippen LogP contribution in [-0.4, -0.2) is 14.5 Å². The van der Waals surface area contributed by atoms with Gasteiger partial charge in [-0.15, -0.1) is 4.68 Å². The highest BCUT2D eigenvalue weighted by molar-refractivity contribution is 5.54. The van der Waals surface area contributed by atoms with Crippen molar-refractivity contribution in [1.29, 1.82) is 0 Å². The standard InChI is InChI=1S/C19H17N5O2/c1-12-3-7-14(8-4-12)23-16(20)11-22-17(18(23)25)19(26)24(21-22)15-9-5-13(2)6-10-15/h3-11H,1-2H3,(H2-,20,21,25,26). The van der Waals surface area contributed by atoms with Gasteiger partial charge in [-0.3, -0.25) is 9.36 Å². The minimum absolute atomic E-state index is 0.0552. The molecule has 0 spiro atoms. The number of nitrogen functional groups attached to an aromatic ring is 1. The van der Waals surface area contributed by atoms with Crippen molar-refractivity contribution in [3.8, 4) is 17.3 Å². The molecule has 0 saturated heterocycles. The normalized spacial score (nSPS) is 11.2. The third kappa shape index (κ3) is 2.41. The fourth-order valence-electron chi connectivity index (χ4n) is 2.88. The molecular formula is C19H17N5O2. The van der Waals surface area contributed by atoms with Crippen LogP contribution in [0, 0.1) is 13.8 Å². The summed E-state index contributed by atoms with van der Waals surface area (Å²) in [6, 6.07) is 14.7. The van der Waals surface area contributed by atoms with Crippen LogP contribution in [0.1, 0.15) is 11.1 Å². The van der Waals surface area contributed by atoms with Gasteiger partial charge in [0.1, 0.15) is 11.1 Å². The van der Waals surface area contributed by atoms with Crippen LogP contribution in [0.4, 0.5) is 5.82 Å². The first-order chi connectivity index (χ1) is 12.5. The van der Waals surface area contributed by atoms with Gasteiger partial charge in [0.2, 0.25) is 0 Å². The molecule has 0 aliphatic heterocycles. The Bertz CT molecular complexity index is 1170. The number of aromatic nitrogens is 4. The van der Waals surface area contributed by atoms with Crippen LogP contribution in [-0.2, 0) is 0 Å². The van der Waals surface area contributed by atoms with Crippen molar-refractivity contribution < 1.29 is 9.62 Å². The Morgan fingerprint density at radius 3 is 2.08 bits per heavy atom. The molecule has 2 aromatic carbocycles. The quantitative estimate of drug-likeness (QED) is 0.548. The lowest BCUT2D eigenvalue weighted by atomic mass is 10.2. The zero-order valence-electron chi connectivity index (χ0n) is 14.4. The second-order valence-electron chi connectivity index (χ2n) is 6.27. The van der Waals surface area contributed by atoms with E-state index >= 15 is 0 Å². The van der Waals surface area contributed by atoms with Crippen LogP contribution < -0.4 is 20.9 Å². The molecule has 2 aromatic heterocycles. The monoisotopic (exact) mass is 347 g/mol. The summed E-state index contributed by atoms with van der Waals surface area (Å²) in [4.78, 5) is 13.0. The van der Waals surface area contributed by atoms with Gasteiger partial charge >= 0.3 is 5.56 Å². The number of hydrogen-bond donors (Lipinski definition) is 1. The molecule has 4 rings (SSSR count). The van der Waals surface area contributed by atoms with E-state index in [1.807, 2.05) is 38.1 Å². The topological polar surface area (TPSA) is 93.0 Å². The van der Waals surface area contributed by atoms with E-state index in [2.05, 4.69) is 5.21 Å². The van der Waals surface area contributed by atoms with Crippen LogP contribution in [0.3, 0.4) is 0 Å². The molecule has 0 bridgehead atoms. The third-order valence-corrected chi connectivity index (χ3v) is 4.30. The Hall–Kier alpha value is -3.61. The Morgan fingerprint density at radius 2 is 1.50 bits per heavy atom. The molecule has 0 radical (unpaired) electrons. The number of nitrogens with two attached hydrogens (primary N) is 1. The fourth-order valence-corrected chi connectivity index (χ4v) is 2.88. The lowest BCUT2D eigenvalue weighted by molar-refractivity contribution is -0.584. The summed E-state index contributed by atoms with van der Waals surface area (Å²) in [5, 5.41) is 17.0. The van der Waals surface area contributed by atoms with E-state index in [9.17, 15) is 9.90 Å². The number of anilines is 1. The SMILES string of the molecule is Cc1ccc(-n2n[n+]3cc(N)n(-c4ccc(C)cc4)c(=O)c3c2[O-])cc1. The highest BCUT2D eigenvalue weighted by Gasteiger charge is 2.21. The van der Waals surface area contributed by atoms with Crippen molar-refractivity contribution in [3.05, 3.63) is 76.2 Å². The van der Waals surface area contributed by atoms with E-state index in [0.717, 1.165) is 11.1 Å². The summed E-state index contributed by atoms with van der Waals surface area (Å²) in [5.41, 5.74) is 8.82. The minimum atomic E-state index is -0.503. The smallest absolute Gasteiger partial charge is 0.309 e. The number of rotatable bonds is 2. The molecule has 0 unspecified atom stereocenters. The summed E-state index contributed by atoms with van der Waals surface area (Å²) in [6.45, 7) is 3.91. The molecule has 7 nitrogen and oxygen atoms in total. The zero-order chi connectivity index (χ0) is 18.4. The Morgan fingerprint density at radius 1 is 0.962 bits per heavy atom. The molecule has 0 aliphatic carbocycles. The molecule has 0 saturated carbocycles. The molecular weight excluding hydrogens is 330 g/mol. The second-order valence-corrected chi connectivity index (χ2v) is 6.27. The predicted molar refractivity (Wildman–Crippen MR) is 95.7 cm³/mol. The highest BCUT2D eigenvalue weighted by Crippen LogP contribution is 2.17. The maximum absolute atomic E-state index is 13.0. The molecule has 7 heteroatoms. The number of fused-ring (bicyclic) bond motifs is 1. The average molecular weight is 347 g/mol. The Labute approximate surface area is 149 Å². The fraction of sp³-hybridized carbons (Fsp3) is 0.105. The molecule has 0 amide bonds. The largest absolute Gasteiger partial charge is 0.837 e. The summed E-state index contributed by atoms with van der Waals surface area (Å²) in [7, 11) is 0. The summed E-state index contributed by atoms with van der Waals surface area (Å²) in [5.74, 6) is -0.287. The summed E-state index contributed by atoms with van der Waals surface area (Å²) >= 11 is 0. The first kappa shape index (κ1) is 15.9. The number of benzene rings is 2. The van der Waals surface area contributed by atoms with Crippen LogP contribution in [0.5, 0.6) is 5.88 Å². The molecule has 4 aromatic rings. The van der Waals surface area contributed by atoms with Gasteiger partial charge in [-0.1, -0.05) is 39.9 Å². The highest BCUT2D eigenvalue weighted by atomic mass is 16.3. The molecule has 130 valence electrons. The van der Waals surface area contributed by atoms with Gasteiger partial charge in [0, 0.05) is 0 Å². The van der Waals surface area contributed by atoms with E-state index in [-0.39, 0.29) is 11.3 Å². The summed E-state index contributed by atoms with van der Waals surface area (Å²) in [6.07, 6.45) is 1.47. The Kier molecular flexibility index (Phi) is 3.50. The zero-order valence-corrected chi connectivity index (χ0v) is 14.4. The van der Waals surface area contributed by atoms with Gasteiger partial charge in [0.15, 0.2) is 17.7 Å². The summed E-state index contributed by atoms with van der Waals surface area (Å²) < 4.78 is 3.76. The van der Waals surface area contributed by atoms with Crippen molar-refractivity contribution in [3.63, 3.8) is 0 Å². The number of nitrogens with zero attached hydrogens (tertiary/aromatic N) is 4. The van der Waals surface area contributed by atoms with Crippen LogP contribution in [0.15, 0.2) is 59.5 Å². The molecule has 26 heavy (non-hydrogen) atoms. The third-order valence-electron chi connectivity index (χ3n) is 4.30. The first-order valence-corrected chi connectivity index (χ1v) is 8.13. The van der Waals surface area contributed by atoms with Crippen LogP contribution in [0.25, 0.3) is 16.9 Å². The maximum atomic E-state index is 13.0. The van der Waals surface area contributed by atoms with Crippen molar-refractivity contribution in [2.45, 2.75) is 13.8 Å². The maximum Gasteiger partial charge on any atom is 0.309 e. The lowest BCUT2D eigenvalue weighted by Crippen LogP contribution is -2.35. The van der Waals surface area contributed by atoms with E-state index in [4.69, 9.17) is 5.73 Å². The van der Waals surface area contributed by atoms with Gasteiger partial charge < -0.3 is 10.8 Å². The molecule has 0 fully saturated rings. The van der Waals surface area contributed by atoms with Gasteiger partial charge in [-0.25, -0.2) is 0 Å². The van der Waals surface area contributed by atoms with Crippen molar-refractivity contribution in [2.24, 2.45) is 0 Å². The second kappa shape index (κ2) is 5.73. The predicted octanol–water partition coefficient (Wildman–Crippen LogP) is 1.03. The van der Waals surface area contributed by atoms with Crippen LogP contribution in [0.2, 0.25) is 0 Å². The van der Waals surface area contributed by atoms with Crippen molar-refractivity contribution >= 4 is 11.3 Å². The average Bonchev–Trinajstić information content (AvgIpc) is 2.94. The number of aryl methyl sites for hydroxylation is 2. The minimum Gasteiger partial charge on any atom is -0.837 e. The van der Waals surface area contributed by atoms with Crippen LogP contribution >= 0.6 is 0 Å². The molecule has 0 aliphatic rings. The van der Waals surface area contributed by atoms with E-state index in [0.29, 0.717) is 11.4 Å². The van der Waals surface area contributed by atoms with Gasteiger partial charge in [-0.05, 0) is 38.1 Å². The van der Waals surface area contributed by atoms with E-state index < -0.39 is 11.4 Å². The van der Waals surface area contributed by atoms with Crippen molar-refractivity contribution in [1.82, 2.24) is 14.5 Å². The van der Waals surface area contributed by atoms with Crippen molar-refractivity contribution in [2.75, 3.05) is 5.73 Å². The molecule has 2 heterocycles. The van der Waals surface area contributed by atoms with E-state index in [1.54, 1.807) is 24.3 Å². The van der Waals surface area contributed by atoms with E-state index in [1.165, 1.54) is 20.0 Å². The van der Waals surface area contributed by atoms with Gasteiger partial charge in [0.05, 0.1) is 5.69 Å².